The van der Waals surface area contributed by atoms with Crippen molar-refractivity contribution in [2.24, 2.45) is 4.99 Å². The Balaban J connectivity index is 0.000000301. The van der Waals surface area contributed by atoms with Gasteiger partial charge in [0, 0.05) is 12.1 Å². The minimum absolute atomic E-state index is 0.0599. The SMILES string of the molecule is O=C(O)C(=O)O.OCc1ccc(-c2ccc(C3=NCCN3)o2)cc1. The Kier molecular flexibility index (Phi) is 5.69. The monoisotopic (exact) mass is 332 g/mol. The Bertz CT molecular complexity index is 736. The lowest BCUT2D eigenvalue weighted by Gasteiger charge is -2.00. The summed E-state index contributed by atoms with van der Waals surface area (Å²) in [6.07, 6.45) is 0. The number of furan rings is 1. The van der Waals surface area contributed by atoms with Crippen molar-refractivity contribution in [3.8, 4) is 11.3 Å². The van der Waals surface area contributed by atoms with Crippen LogP contribution in [0.2, 0.25) is 0 Å². The van der Waals surface area contributed by atoms with Gasteiger partial charge in [-0.1, -0.05) is 24.3 Å². The van der Waals surface area contributed by atoms with Gasteiger partial charge in [-0.05, 0) is 17.7 Å². The molecule has 0 spiro atoms. The topological polar surface area (TPSA) is 132 Å². The molecular weight excluding hydrogens is 316 g/mol. The minimum atomic E-state index is -1.82. The zero-order valence-electron chi connectivity index (χ0n) is 12.6. The molecule has 0 atom stereocenters. The largest absolute Gasteiger partial charge is 0.473 e. The fourth-order valence-electron chi connectivity index (χ4n) is 1.96. The second-order valence-electron chi connectivity index (χ2n) is 4.79. The van der Waals surface area contributed by atoms with Crippen molar-refractivity contribution in [2.45, 2.75) is 6.61 Å². The lowest BCUT2D eigenvalue weighted by atomic mass is 10.1. The highest BCUT2D eigenvalue weighted by Crippen LogP contribution is 2.23. The zero-order valence-corrected chi connectivity index (χ0v) is 12.6. The van der Waals surface area contributed by atoms with Gasteiger partial charge >= 0.3 is 11.9 Å². The molecule has 0 fully saturated rings. The van der Waals surface area contributed by atoms with Gasteiger partial charge in [0.1, 0.15) is 5.76 Å². The molecule has 24 heavy (non-hydrogen) atoms. The van der Waals surface area contributed by atoms with Gasteiger partial charge < -0.3 is 25.1 Å². The van der Waals surface area contributed by atoms with Crippen LogP contribution in [0.1, 0.15) is 11.3 Å². The molecule has 0 aliphatic carbocycles. The summed E-state index contributed by atoms with van der Waals surface area (Å²) in [5.41, 5.74) is 1.89. The van der Waals surface area contributed by atoms with Crippen LogP contribution in [0.5, 0.6) is 0 Å². The highest BCUT2D eigenvalue weighted by atomic mass is 16.4. The molecule has 0 saturated heterocycles. The van der Waals surface area contributed by atoms with Crippen molar-refractivity contribution in [3.63, 3.8) is 0 Å². The van der Waals surface area contributed by atoms with E-state index in [0.29, 0.717) is 0 Å². The van der Waals surface area contributed by atoms with Gasteiger partial charge in [0.05, 0.1) is 13.2 Å². The molecule has 1 aromatic carbocycles. The molecule has 1 aromatic heterocycles. The third kappa shape index (κ3) is 4.43. The first-order valence-corrected chi connectivity index (χ1v) is 7.06. The van der Waals surface area contributed by atoms with Gasteiger partial charge in [0.15, 0.2) is 11.6 Å². The van der Waals surface area contributed by atoms with Crippen LogP contribution in [-0.2, 0) is 16.2 Å². The molecule has 1 aliphatic rings. The summed E-state index contributed by atoms with van der Waals surface area (Å²) in [6, 6.07) is 11.5. The van der Waals surface area contributed by atoms with Crippen LogP contribution in [0.4, 0.5) is 0 Å². The number of carbonyl (C=O) groups is 2. The van der Waals surface area contributed by atoms with E-state index in [-0.39, 0.29) is 6.61 Å². The number of hydrogen-bond acceptors (Lipinski definition) is 6. The van der Waals surface area contributed by atoms with Gasteiger partial charge in [0.25, 0.3) is 0 Å². The van der Waals surface area contributed by atoms with Gasteiger partial charge in [-0.2, -0.15) is 0 Å². The molecule has 1 aliphatic heterocycles. The molecule has 2 aromatic rings. The van der Waals surface area contributed by atoms with Crippen molar-refractivity contribution in [3.05, 3.63) is 47.7 Å². The molecule has 8 heteroatoms. The summed E-state index contributed by atoms with van der Waals surface area (Å²) in [4.78, 5) is 22.5. The number of carboxylic acid groups (broad SMARTS) is 2. The quantitative estimate of drug-likeness (QED) is 0.615. The van der Waals surface area contributed by atoms with E-state index in [1.807, 2.05) is 36.4 Å². The Hall–Kier alpha value is -3.13. The highest BCUT2D eigenvalue weighted by molar-refractivity contribution is 6.27. The second-order valence-corrected chi connectivity index (χ2v) is 4.79. The number of aliphatic hydroxyl groups excluding tert-OH is 1. The van der Waals surface area contributed by atoms with E-state index in [1.165, 1.54) is 0 Å². The second kappa shape index (κ2) is 7.93. The van der Waals surface area contributed by atoms with E-state index in [1.54, 1.807) is 0 Å². The van der Waals surface area contributed by atoms with Crippen molar-refractivity contribution < 1.29 is 29.3 Å². The minimum Gasteiger partial charge on any atom is -0.473 e. The molecule has 0 saturated carbocycles. The predicted octanol–water partition coefficient (Wildman–Crippen LogP) is 0.944. The van der Waals surface area contributed by atoms with Crippen LogP contribution in [-0.4, -0.2) is 46.2 Å². The Morgan fingerprint density at radius 2 is 1.67 bits per heavy atom. The van der Waals surface area contributed by atoms with E-state index >= 15 is 0 Å². The average Bonchev–Trinajstić information content (AvgIpc) is 3.26. The van der Waals surface area contributed by atoms with Crippen LogP contribution < -0.4 is 5.32 Å². The van der Waals surface area contributed by atoms with Crippen LogP contribution in [0, 0.1) is 0 Å². The van der Waals surface area contributed by atoms with Crippen LogP contribution in [0.25, 0.3) is 11.3 Å². The molecule has 0 amide bonds. The van der Waals surface area contributed by atoms with Crippen LogP contribution in [0.3, 0.4) is 0 Å². The van der Waals surface area contributed by atoms with Crippen molar-refractivity contribution in [1.29, 1.82) is 0 Å². The van der Waals surface area contributed by atoms with Gasteiger partial charge in [0.2, 0.25) is 0 Å². The van der Waals surface area contributed by atoms with Gasteiger partial charge in [-0.15, -0.1) is 0 Å². The number of aliphatic carboxylic acids is 2. The van der Waals surface area contributed by atoms with E-state index in [9.17, 15) is 0 Å². The lowest BCUT2D eigenvalue weighted by molar-refractivity contribution is -0.159. The van der Waals surface area contributed by atoms with Crippen LogP contribution in [0.15, 0.2) is 45.8 Å². The Morgan fingerprint density at radius 1 is 1.04 bits per heavy atom. The van der Waals surface area contributed by atoms with E-state index in [0.717, 1.165) is 41.6 Å². The summed E-state index contributed by atoms with van der Waals surface area (Å²) in [5.74, 6) is -1.24. The first kappa shape index (κ1) is 17.2. The van der Waals surface area contributed by atoms with Gasteiger partial charge in [-0.3, -0.25) is 4.99 Å². The van der Waals surface area contributed by atoms with Crippen molar-refractivity contribution in [1.82, 2.24) is 5.32 Å². The van der Waals surface area contributed by atoms with E-state index in [4.69, 9.17) is 29.3 Å². The third-order valence-corrected chi connectivity index (χ3v) is 3.12. The Labute approximate surface area is 137 Å². The summed E-state index contributed by atoms with van der Waals surface area (Å²) >= 11 is 0. The van der Waals surface area contributed by atoms with E-state index < -0.39 is 11.9 Å². The third-order valence-electron chi connectivity index (χ3n) is 3.12. The number of nitrogens with zero attached hydrogens (tertiary/aromatic N) is 1. The van der Waals surface area contributed by atoms with Crippen molar-refractivity contribution in [2.75, 3.05) is 13.1 Å². The number of aliphatic imine (C=N–C) groups is 1. The van der Waals surface area contributed by atoms with Crippen molar-refractivity contribution >= 4 is 17.8 Å². The standard InChI is InChI=1S/C14H14N2O2.C2H2O4/c17-9-10-1-3-11(4-2-10)12-5-6-13(18-12)14-15-7-8-16-14;3-1(4)2(5)6/h1-6,17H,7-9H2,(H,15,16);(H,3,4)(H,5,6). The molecule has 0 bridgehead atoms. The number of nitrogens with one attached hydrogen (secondary N) is 1. The number of amidine groups is 1. The lowest BCUT2D eigenvalue weighted by Crippen LogP contribution is -2.18. The number of hydrogen-bond donors (Lipinski definition) is 4. The summed E-state index contributed by atoms with van der Waals surface area (Å²) in [7, 11) is 0. The maximum Gasteiger partial charge on any atom is 0.414 e. The average molecular weight is 332 g/mol. The molecule has 8 nitrogen and oxygen atoms in total. The molecule has 3 rings (SSSR count). The molecular formula is C16H16N2O6. The first-order chi connectivity index (χ1) is 11.5. The van der Waals surface area contributed by atoms with Crippen LogP contribution >= 0.6 is 0 Å². The summed E-state index contributed by atoms with van der Waals surface area (Å²) in [5, 5.41) is 27.0. The van der Waals surface area contributed by atoms with E-state index in [2.05, 4.69) is 10.3 Å². The number of benzene rings is 1. The Morgan fingerprint density at radius 3 is 2.17 bits per heavy atom. The smallest absolute Gasteiger partial charge is 0.414 e. The fourth-order valence-corrected chi connectivity index (χ4v) is 1.96. The molecule has 126 valence electrons. The number of rotatable bonds is 3. The maximum absolute atomic E-state index is 9.10. The molecule has 2 heterocycles. The predicted molar refractivity (Wildman–Crippen MR) is 84.7 cm³/mol. The normalized spacial score (nSPS) is 12.6. The first-order valence-electron chi connectivity index (χ1n) is 7.06. The number of aliphatic hydroxyl groups is 1. The molecule has 0 unspecified atom stereocenters. The number of carboxylic acids is 2. The summed E-state index contributed by atoms with van der Waals surface area (Å²) in [6.45, 7) is 1.73. The molecule has 0 radical (unpaired) electrons. The fraction of sp³-hybridized carbons (Fsp3) is 0.188. The van der Waals surface area contributed by atoms with Gasteiger partial charge in [-0.25, -0.2) is 9.59 Å². The highest BCUT2D eigenvalue weighted by Gasteiger charge is 2.13. The summed E-state index contributed by atoms with van der Waals surface area (Å²) < 4.78 is 5.77. The molecule has 4 N–H and O–H groups in total. The zero-order chi connectivity index (χ0) is 17.5. The maximum atomic E-state index is 9.10.